The molecule has 1 aromatic rings. The number of piperazine rings is 1. The Morgan fingerprint density at radius 1 is 1.06 bits per heavy atom. The van der Waals surface area contributed by atoms with Crippen LogP contribution in [0, 0.1) is 0 Å². The largest absolute Gasteiger partial charge is 0.298 e. The minimum absolute atomic E-state index is 0.915. The fraction of sp³-hybridized carbons (Fsp3) is 0.643. The average molecular weight is 231 g/mol. The maximum absolute atomic E-state index is 4.07. The number of aromatic nitrogens is 1. The molecule has 1 aliphatic heterocycles. The molecule has 3 nitrogen and oxygen atoms in total. The lowest BCUT2D eigenvalue weighted by molar-refractivity contribution is 0.0587. The summed E-state index contributed by atoms with van der Waals surface area (Å²) in [6.07, 6.45) is 8.09. The molecule has 0 aromatic carbocycles. The van der Waals surface area contributed by atoms with Crippen molar-refractivity contribution in [1.82, 2.24) is 14.8 Å². The van der Waals surface area contributed by atoms with Crippen LogP contribution < -0.4 is 0 Å². The third kappa shape index (κ3) is 2.67. The Labute approximate surface area is 103 Å². The van der Waals surface area contributed by atoms with Gasteiger partial charge >= 0.3 is 0 Å². The molecule has 3 rings (SSSR count). The molecule has 0 unspecified atom stereocenters. The van der Waals surface area contributed by atoms with Gasteiger partial charge in [-0.1, -0.05) is 6.42 Å². The number of hydrogen-bond acceptors (Lipinski definition) is 3. The second kappa shape index (κ2) is 5.15. The lowest BCUT2D eigenvalue weighted by atomic mass is 9.91. The zero-order valence-electron chi connectivity index (χ0n) is 10.4. The molecule has 1 aliphatic carbocycles. The van der Waals surface area contributed by atoms with Crippen LogP contribution >= 0.6 is 0 Å². The molecule has 1 saturated heterocycles. The first kappa shape index (κ1) is 11.2. The van der Waals surface area contributed by atoms with Crippen LogP contribution in [0.4, 0.5) is 0 Å². The van der Waals surface area contributed by atoms with Gasteiger partial charge in [0.15, 0.2) is 0 Å². The van der Waals surface area contributed by atoms with E-state index in [0.29, 0.717) is 0 Å². The van der Waals surface area contributed by atoms with Gasteiger partial charge in [0.25, 0.3) is 0 Å². The van der Waals surface area contributed by atoms with Crippen molar-refractivity contribution in [2.24, 2.45) is 0 Å². The lowest BCUT2D eigenvalue weighted by Gasteiger charge is -2.43. The summed E-state index contributed by atoms with van der Waals surface area (Å²) in [5.74, 6) is 0. The van der Waals surface area contributed by atoms with Gasteiger partial charge in [-0.2, -0.15) is 0 Å². The van der Waals surface area contributed by atoms with E-state index >= 15 is 0 Å². The van der Waals surface area contributed by atoms with Crippen LogP contribution in [0.15, 0.2) is 24.5 Å². The first-order valence-corrected chi connectivity index (χ1v) is 6.77. The minimum atomic E-state index is 0.915. The Morgan fingerprint density at radius 2 is 1.76 bits per heavy atom. The minimum Gasteiger partial charge on any atom is -0.298 e. The topological polar surface area (TPSA) is 19.4 Å². The normalized spacial score (nSPS) is 23.5. The van der Waals surface area contributed by atoms with Gasteiger partial charge in [0.2, 0.25) is 0 Å². The summed E-state index contributed by atoms with van der Waals surface area (Å²) in [6, 6.07) is 5.16. The number of hydrogen-bond donors (Lipinski definition) is 0. The summed E-state index contributed by atoms with van der Waals surface area (Å²) in [4.78, 5) is 9.31. The van der Waals surface area contributed by atoms with E-state index in [-0.39, 0.29) is 0 Å². The highest BCUT2D eigenvalue weighted by Gasteiger charge is 2.27. The number of rotatable bonds is 3. The first-order valence-electron chi connectivity index (χ1n) is 6.77. The van der Waals surface area contributed by atoms with Crippen LogP contribution in [0.2, 0.25) is 0 Å². The summed E-state index contributed by atoms with van der Waals surface area (Å²) in [5, 5.41) is 0. The summed E-state index contributed by atoms with van der Waals surface area (Å²) in [7, 11) is 0. The SMILES string of the molecule is c1cc(CN2CCN(C3CCC3)CC2)ccn1. The Bertz CT molecular complexity index is 340. The van der Waals surface area contributed by atoms with Gasteiger partial charge in [-0.05, 0) is 30.5 Å². The predicted octanol–water partition coefficient (Wildman–Crippen LogP) is 1.75. The molecular weight excluding hydrogens is 210 g/mol. The third-order valence-electron chi connectivity index (χ3n) is 4.15. The molecule has 2 aliphatic rings. The molecular formula is C14H21N3. The van der Waals surface area contributed by atoms with Gasteiger partial charge in [0, 0.05) is 51.2 Å². The van der Waals surface area contributed by atoms with Crippen molar-refractivity contribution in [3.05, 3.63) is 30.1 Å². The molecule has 92 valence electrons. The molecule has 0 atom stereocenters. The van der Waals surface area contributed by atoms with E-state index in [1.807, 2.05) is 12.4 Å². The van der Waals surface area contributed by atoms with Crippen LogP contribution in [0.3, 0.4) is 0 Å². The van der Waals surface area contributed by atoms with E-state index < -0.39 is 0 Å². The Kier molecular flexibility index (Phi) is 3.39. The van der Waals surface area contributed by atoms with E-state index in [1.165, 1.54) is 51.0 Å². The van der Waals surface area contributed by atoms with Gasteiger partial charge in [-0.25, -0.2) is 0 Å². The molecule has 3 heteroatoms. The van der Waals surface area contributed by atoms with Gasteiger partial charge in [-0.15, -0.1) is 0 Å². The van der Waals surface area contributed by atoms with Gasteiger partial charge in [0.1, 0.15) is 0 Å². The van der Waals surface area contributed by atoms with Crippen molar-refractivity contribution < 1.29 is 0 Å². The highest BCUT2D eigenvalue weighted by Crippen LogP contribution is 2.25. The van der Waals surface area contributed by atoms with E-state index in [0.717, 1.165) is 12.6 Å². The molecule has 2 heterocycles. The average Bonchev–Trinajstić information content (AvgIpc) is 2.31. The van der Waals surface area contributed by atoms with Crippen LogP contribution in [0.5, 0.6) is 0 Å². The van der Waals surface area contributed by atoms with E-state index in [1.54, 1.807) is 0 Å². The van der Waals surface area contributed by atoms with Crippen molar-refractivity contribution in [1.29, 1.82) is 0 Å². The first-order chi connectivity index (χ1) is 8.42. The van der Waals surface area contributed by atoms with Crippen molar-refractivity contribution in [3.63, 3.8) is 0 Å². The van der Waals surface area contributed by atoms with Gasteiger partial charge in [-0.3, -0.25) is 14.8 Å². The fourth-order valence-electron chi connectivity index (χ4n) is 2.78. The molecule has 0 bridgehead atoms. The summed E-state index contributed by atoms with van der Waals surface area (Å²) in [6.45, 7) is 6.05. The summed E-state index contributed by atoms with van der Waals surface area (Å²) in [5.41, 5.74) is 1.39. The molecule has 0 spiro atoms. The zero-order valence-corrected chi connectivity index (χ0v) is 10.4. The Morgan fingerprint density at radius 3 is 2.35 bits per heavy atom. The van der Waals surface area contributed by atoms with Gasteiger partial charge < -0.3 is 0 Å². The third-order valence-corrected chi connectivity index (χ3v) is 4.15. The van der Waals surface area contributed by atoms with Crippen LogP contribution in [0.25, 0.3) is 0 Å². The Balaban J connectivity index is 1.48. The van der Waals surface area contributed by atoms with Crippen molar-refractivity contribution in [2.75, 3.05) is 26.2 Å². The molecule has 1 aromatic heterocycles. The zero-order chi connectivity index (χ0) is 11.5. The molecule has 0 N–H and O–H groups in total. The standard InChI is InChI=1S/C14H21N3/c1-2-14(3-1)17-10-8-16(9-11-17)12-13-4-6-15-7-5-13/h4-7,14H,1-3,8-12H2. The van der Waals surface area contributed by atoms with E-state index in [2.05, 4.69) is 26.9 Å². The molecule has 1 saturated carbocycles. The summed E-state index contributed by atoms with van der Waals surface area (Å²) >= 11 is 0. The summed E-state index contributed by atoms with van der Waals surface area (Å²) < 4.78 is 0. The molecule has 17 heavy (non-hydrogen) atoms. The predicted molar refractivity (Wildman–Crippen MR) is 68.7 cm³/mol. The molecule has 0 amide bonds. The monoisotopic (exact) mass is 231 g/mol. The highest BCUT2D eigenvalue weighted by molar-refractivity contribution is 5.09. The maximum Gasteiger partial charge on any atom is 0.0271 e. The van der Waals surface area contributed by atoms with Crippen molar-refractivity contribution >= 4 is 0 Å². The second-order valence-electron chi connectivity index (χ2n) is 5.25. The number of pyridine rings is 1. The van der Waals surface area contributed by atoms with E-state index in [9.17, 15) is 0 Å². The quantitative estimate of drug-likeness (QED) is 0.790. The fourth-order valence-corrected chi connectivity index (χ4v) is 2.78. The molecule has 0 radical (unpaired) electrons. The van der Waals surface area contributed by atoms with Crippen LogP contribution in [-0.4, -0.2) is 47.0 Å². The lowest BCUT2D eigenvalue weighted by Crippen LogP contribution is -2.51. The van der Waals surface area contributed by atoms with Gasteiger partial charge in [0.05, 0.1) is 0 Å². The Hall–Kier alpha value is -0.930. The van der Waals surface area contributed by atoms with E-state index in [4.69, 9.17) is 0 Å². The van der Waals surface area contributed by atoms with Crippen molar-refractivity contribution in [3.8, 4) is 0 Å². The molecule has 2 fully saturated rings. The van der Waals surface area contributed by atoms with Crippen LogP contribution in [0.1, 0.15) is 24.8 Å². The van der Waals surface area contributed by atoms with Crippen molar-refractivity contribution in [2.45, 2.75) is 31.8 Å². The second-order valence-corrected chi connectivity index (χ2v) is 5.25. The maximum atomic E-state index is 4.07. The number of nitrogens with zero attached hydrogens (tertiary/aromatic N) is 3. The highest BCUT2D eigenvalue weighted by atomic mass is 15.3. The van der Waals surface area contributed by atoms with Crippen LogP contribution in [-0.2, 0) is 6.54 Å². The smallest absolute Gasteiger partial charge is 0.0271 e.